The average Bonchev–Trinajstić information content (AvgIpc) is 3.15. The van der Waals surface area contributed by atoms with E-state index in [1.54, 1.807) is 36.3 Å². The summed E-state index contributed by atoms with van der Waals surface area (Å²) in [5.41, 5.74) is 7.50. The summed E-state index contributed by atoms with van der Waals surface area (Å²) in [6.45, 7) is 0.906. The largest absolute Gasteiger partial charge is 0.481 e. The molecule has 0 spiro atoms. The lowest BCUT2D eigenvalue weighted by atomic mass is 10.2. The van der Waals surface area contributed by atoms with Crippen LogP contribution >= 0.6 is 0 Å². The summed E-state index contributed by atoms with van der Waals surface area (Å²) in [4.78, 5) is 32.0. The summed E-state index contributed by atoms with van der Waals surface area (Å²) in [5.74, 6) is -0.0416. The van der Waals surface area contributed by atoms with Crippen LogP contribution in [0.4, 0.5) is 0 Å². The van der Waals surface area contributed by atoms with E-state index in [4.69, 9.17) is 15.9 Å². The lowest BCUT2D eigenvalue weighted by Gasteiger charge is -2.31. The molecule has 0 unspecified atom stereocenters. The van der Waals surface area contributed by atoms with E-state index in [2.05, 4.69) is 10.1 Å². The van der Waals surface area contributed by atoms with Crippen molar-refractivity contribution in [2.75, 3.05) is 33.8 Å². The second kappa shape index (κ2) is 7.91. The van der Waals surface area contributed by atoms with Gasteiger partial charge in [-0.1, -0.05) is 0 Å². The predicted molar refractivity (Wildman–Crippen MR) is 102 cm³/mol. The molecule has 3 N–H and O–H groups in total. The first-order valence-corrected chi connectivity index (χ1v) is 8.55. The van der Waals surface area contributed by atoms with Gasteiger partial charge in [-0.05, 0) is 18.2 Å². The Morgan fingerprint density at radius 1 is 1.36 bits per heavy atom. The minimum absolute atomic E-state index is 0.00738. The number of hydrogen-bond acceptors (Lipinski definition) is 7. The quantitative estimate of drug-likeness (QED) is 0.706. The van der Waals surface area contributed by atoms with Crippen molar-refractivity contribution in [2.24, 2.45) is 5.73 Å². The zero-order valence-electron chi connectivity index (χ0n) is 15.6. The Labute approximate surface area is 161 Å². The van der Waals surface area contributed by atoms with Crippen molar-refractivity contribution in [1.29, 1.82) is 5.41 Å². The number of carbonyl (C=O) groups is 2. The van der Waals surface area contributed by atoms with Crippen molar-refractivity contribution in [1.82, 2.24) is 24.6 Å². The molecule has 0 aliphatic carbocycles. The number of nitrogens with one attached hydrogen (secondary N) is 1. The molecule has 1 aliphatic rings. The third-order valence-corrected chi connectivity index (χ3v) is 4.41. The van der Waals surface area contributed by atoms with E-state index in [0.717, 1.165) is 6.21 Å². The highest BCUT2D eigenvalue weighted by molar-refractivity contribution is 5.96. The molecule has 146 valence electrons. The standard InChI is InChI=1S/C18H21N7O3/c1-23-7-8-24(11-17(23)26)18(27)14-9-15(13(20)5-6-19)25(22-14)12-3-4-16(28-2)21-10-12/h3-6,9-10,19H,7-8,11,20H2,1-2H3/b13-5-,19-6?. The first-order chi connectivity index (χ1) is 13.4. The van der Waals surface area contributed by atoms with Crippen LogP contribution < -0.4 is 10.5 Å². The van der Waals surface area contributed by atoms with E-state index in [-0.39, 0.29) is 29.8 Å². The number of piperazine rings is 1. The number of amides is 2. The van der Waals surface area contributed by atoms with Crippen LogP contribution in [0.2, 0.25) is 0 Å². The van der Waals surface area contributed by atoms with Gasteiger partial charge in [-0.25, -0.2) is 9.67 Å². The molecule has 1 fully saturated rings. The molecule has 0 atom stereocenters. The number of rotatable bonds is 5. The molecule has 0 radical (unpaired) electrons. The average molecular weight is 383 g/mol. The highest BCUT2D eigenvalue weighted by atomic mass is 16.5. The number of likely N-dealkylation sites (N-methyl/N-ethyl adjacent to an activating group) is 1. The number of allylic oxidation sites excluding steroid dienone is 1. The molecule has 28 heavy (non-hydrogen) atoms. The zero-order valence-corrected chi connectivity index (χ0v) is 15.6. The third-order valence-electron chi connectivity index (χ3n) is 4.41. The van der Waals surface area contributed by atoms with E-state index >= 15 is 0 Å². The van der Waals surface area contributed by atoms with Gasteiger partial charge in [0.1, 0.15) is 6.54 Å². The Kier molecular flexibility index (Phi) is 5.39. The smallest absolute Gasteiger partial charge is 0.274 e. The molecule has 1 aliphatic heterocycles. The molecule has 2 aromatic rings. The Balaban J connectivity index is 1.98. The number of methoxy groups -OCH3 is 1. The summed E-state index contributed by atoms with van der Waals surface area (Å²) in [7, 11) is 3.22. The van der Waals surface area contributed by atoms with Gasteiger partial charge in [0.05, 0.1) is 30.4 Å². The van der Waals surface area contributed by atoms with Crippen LogP contribution in [0, 0.1) is 5.41 Å². The van der Waals surface area contributed by atoms with Crippen LogP contribution in [0.15, 0.2) is 30.5 Å². The molecule has 2 amide bonds. The number of hydrogen-bond donors (Lipinski definition) is 2. The van der Waals surface area contributed by atoms with Crippen LogP contribution in [0.1, 0.15) is 16.2 Å². The number of nitrogens with zero attached hydrogens (tertiary/aromatic N) is 5. The van der Waals surface area contributed by atoms with Gasteiger partial charge in [0.25, 0.3) is 5.91 Å². The Morgan fingerprint density at radius 2 is 2.14 bits per heavy atom. The van der Waals surface area contributed by atoms with Crippen molar-refractivity contribution in [2.45, 2.75) is 0 Å². The number of aromatic nitrogens is 3. The minimum atomic E-state index is -0.356. The zero-order chi connectivity index (χ0) is 20.3. The Morgan fingerprint density at radius 3 is 2.75 bits per heavy atom. The molecule has 1 saturated heterocycles. The normalized spacial score (nSPS) is 14.9. The summed E-state index contributed by atoms with van der Waals surface area (Å²) in [6, 6.07) is 4.94. The van der Waals surface area contributed by atoms with Crippen LogP contribution in [-0.4, -0.2) is 76.4 Å². The van der Waals surface area contributed by atoms with E-state index in [1.165, 1.54) is 22.8 Å². The second-order valence-electron chi connectivity index (χ2n) is 6.22. The summed E-state index contributed by atoms with van der Waals surface area (Å²) >= 11 is 0. The van der Waals surface area contributed by atoms with Gasteiger partial charge in [-0.15, -0.1) is 0 Å². The maximum atomic E-state index is 12.9. The molecule has 0 bridgehead atoms. The van der Waals surface area contributed by atoms with Crippen LogP contribution in [0.3, 0.4) is 0 Å². The lowest BCUT2D eigenvalue weighted by molar-refractivity contribution is -0.133. The maximum absolute atomic E-state index is 12.9. The first kappa shape index (κ1) is 19.1. The van der Waals surface area contributed by atoms with Gasteiger partial charge in [0.2, 0.25) is 11.8 Å². The van der Waals surface area contributed by atoms with Gasteiger partial charge in [0, 0.05) is 32.4 Å². The minimum Gasteiger partial charge on any atom is -0.481 e. The van der Waals surface area contributed by atoms with E-state index in [1.807, 2.05) is 0 Å². The summed E-state index contributed by atoms with van der Waals surface area (Å²) in [6.07, 6.45) is 4.00. The number of ether oxygens (including phenoxy) is 1. The highest BCUT2D eigenvalue weighted by Gasteiger charge is 2.28. The van der Waals surface area contributed by atoms with E-state index in [0.29, 0.717) is 30.4 Å². The highest BCUT2D eigenvalue weighted by Crippen LogP contribution is 2.20. The van der Waals surface area contributed by atoms with Crippen molar-refractivity contribution in [3.8, 4) is 11.6 Å². The van der Waals surface area contributed by atoms with Crippen LogP contribution in [0.5, 0.6) is 5.88 Å². The third kappa shape index (κ3) is 3.70. The Bertz CT molecular complexity index is 933. The van der Waals surface area contributed by atoms with Gasteiger partial charge in [-0.3, -0.25) is 9.59 Å². The van der Waals surface area contributed by atoms with Crippen molar-refractivity contribution in [3.05, 3.63) is 41.9 Å². The van der Waals surface area contributed by atoms with Gasteiger partial charge < -0.3 is 25.7 Å². The monoisotopic (exact) mass is 383 g/mol. The van der Waals surface area contributed by atoms with Gasteiger partial charge >= 0.3 is 0 Å². The summed E-state index contributed by atoms with van der Waals surface area (Å²) in [5, 5.41) is 11.6. The molecule has 3 heterocycles. The SMILES string of the molecule is COc1ccc(-n2nc(C(=O)N3CCN(C)C(=O)C3)cc2/C(N)=C/C=N)cn1. The molecular weight excluding hydrogens is 362 g/mol. The Hall–Kier alpha value is -3.69. The fourth-order valence-corrected chi connectivity index (χ4v) is 2.78. The van der Waals surface area contributed by atoms with Crippen LogP contribution in [-0.2, 0) is 4.79 Å². The summed E-state index contributed by atoms with van der Waals surface area (Å²) < 4.78 is 6.54. The molecule has 0 aromatic carbocycles. The predicted octanol–water partition coefficient (Wildman–Crippen LogP) is 0.139. The van der Waals surface area contributed by atoms with Gasteiger partial charge in [0.15, 0.2) is 5.69 Å². The fraction of sp³-hybridized carbons (Fsp3) is 0.278. The topological polar surface area (TPSA) is 130 Å². The number of carbonyl (C=O) groups excluding carboxylic acids is 2. The fourth-order valence-electron chi connectivity index (χ4n) is 2.78. The molecular formula is C18H21N7O3. The van der Waals surface area contributed by atoms with Crippen molar-refractivity contribution < 1.29 is 14.3 Å². The molecule has 10 heteroatoms. The molecule has 3 rings (SSSR count). The van der Waals surface area contributed by atoms with E-state index in [9.17, 15) is 9.59 Å². The number of nitrogens with two attached hydrogens (primary N) is 1. The molecule has 10 nitrogen and oxygen atoms in total. The van der Waals surface area contributed by atoms with E-state index < -0.39 is 0 Å². The van der Waals surface area contributed by atoms with Gasteiger partial charge in [-0.2, -0.15) is 5.10 Å². The van der Waals surface area contributed by atoms with Crippen LogP contribution in [0.25, 0.3) is 11.4 Å². The van der Waals surface area contributed by atoms with Crippen molar-refractivity contribution in [3.63, 3.8) is 0 Å². The lowest BCUT2D eigenvalue weighted by Crippen LogP contribution is -2.50. The molecule has 0 saturated carbocycles. The number of pyridine rings is 1. The maximum Gasteiger partial charge on any atom is 0.274 e. The second-order valence-corrected chi connectivity index (χ2v) is 6.22. The first-order valence-electron chi connectivity index (χ1n) is 8.55. The molecule has 2 aromatic heterocycles. The van der Waals surface area contributed by atoms with Crippen molar-refractivity contribution >= 4 is 23.7 Å².